The highest BCUT2D eigenvalue weighted by Gasteiger charge is 2.25. The van der Waals surface area contributed by atoms with Gasteiger partial charge in [-0.25, -0.2) is 14.5 Å². The minimum Gasteiger partial charge on any atom is -0.479 e. The molecule has 0 bridgehead atoms. The highest BCUT2D eigenvalue weighted by atomic mass is 35.5. The third-order valence-electron chi connectivity index (χ3n) is 5.11. The van der Waals surface area contributed by atoms with Gasteiger partial charge < -0.3 is 9.47 Å². The lowest BCUT2D eigenvalue weighted by atomic mass is 9.84. The molecule has 0 fully saturated rings. The van der Waals surface area contributed by atoms with Crippen LogP contribution in [-0.2, 0) is 16.7 Å². The Labute approximate surface area is 189 Å². The van der Waals surface area contributed by atoms with E-state index >= 15 is 0 Å². The van der Waals surface area contributed by atoms with E-state index in [1.807, 2.05) is 28.9 Å². The van der Waals surface area contributed by atoms with Crippen LogP contribution in [0.5, 0.6) is 5.88 Å². The highest BCUT2D eigenvalue weighted by Crippen LogP contribution is 2.30. The summed E-state index contributed by atoms with van der Waals surface area (Å²) in [5, 5.41) is 9.41. The van der Waals surface area contributed by atoms with Crippen molar-refractivity contribution in [3.8, 4) is 11.8 Å². The van der Waals surface area contributed by atoms with Crippen molar-refractivity contribution in [3.05, 3.63) is 59.0 Å². The Balaban J connectivity index is 1.69. The van der Waals surface area contributed by atoms with Crippen LogP contribution in [-0.4, -0.2) is 49.2 Å². The SMILES string of the molecule is CCOC(=O)c1cnn(-c2nc(OC)c3c(cnn3CC(C)(C)c3ccc(Cl)cc3)n2)c1. The average molecular weight is 455 g/mol. The van der Waals surface area contributed by atoms with E-state index in [0.29, 0.717) is 34.0 Å². The molecule has 0 saturated heterocycles. The Hall–Kier alpha value is -3.46. The zero-order chi connectivity index (χ0) is 22.9. The summed E-state index contributed by atoms with van der Waals surface area (Å²) < 4.78 is 13.8. The van der Waals surface area contributed by atoms with Gasteiger partial charge in [-0.05, 0) is 24.6 Å². The van der Waals surface area contributed by atoms with Gasteiger partial charge in [0, 0.05) is 16.6 Å². The lowest BCUT2D eigenvalue weighted by molar-refractivity contribution is 0.0526. The van der Waals surface area contributed by atoms with Gasteiger partial charge in [0.05, 0.1) is 38.2 Å². The molecule has 0 atom stereocenters. The van der Waals surface area contributed by atoms with E-state index in [1.165, 1.54) is 17.1 Å². The minimum absolute atomic E-state index is 0.232. The van der Waals surface area contributed by atoms with Gasteiger partial charge in [-0.3, -0.25) is 4.68 Å². The van der Waals surface area contributed by atoms with E-state index in [9.17, 15) is 4.79 Å². The van der Waals surface area contributed by atoms with E-state index < -0.39 is 5.97 Å². The number of ether oxygens (including phenoxy) is 2. The number of aromatic nitrogens is 6. The number of esters is 1. The number of fused-ring (bicyclic) bond motifs is 1. The largest absolute Gasteiger partial charge is 0.479 e. The van der Waals surface area contributed by atoms with Crippen molar-refractivity contribution in [1.82, 2.24) is 29.5 Å². The molecule has 0 spiro atoms. The molecule has 1 aromatic carbocycles. The van der Waals surface area contributed by atoms with Crippen LogP contribution < -0.4 is 4.74 Å². The summed E-state index contributed by atoms with van der Waals surface area (Å²) in [6.45, 7) is 6.87. The van der Waals surface area contributed by atoms with Crippen molar-refractivity contribution >= 4 is 28.6 Å². The Kier molecular flexibility index (Phi) is 5.84. The van der Waals surface area contributed by atoms with E-state index in [-0.39, 0.29) is 18.0 Å². The van der Waals surface area contributed by atoms with Gasteiger partial charge in [0.25, 0.3) is 5.95 Å². The molecule has 0 N–H and O–H groups in total. The fourth-order valence-corrected chi connectivity index (χ4v) is 3.56. The maximum atomic E-state index is 11.9. The van der Waals surface area contributed by atoms with Gasteiger partial charge in [-0.15, -0.1) is 0 Å². The van der Waals surface area contributed by atoms with E-state index in [1.54, 1.807) is 20.2 Å². The standard InChI is InChI=1S/C22H23ClN6O3/c1-5-32-20(30)14-10-24-28(12-14)21-26-17-11-25-29(18(17)19(27-21)31-4)13-22(2,3)15-6-8-16(23)9-7-15/h6-12H,5,13H2,1-4H3. The first-order valence-corrected chi connectivity index (χ1v) is 10.5. The van der Waals surface area contributed by atoms with Crippen molar-refractivity contribution in [1.29, 1.82) is 0 Å². The predicted octanol–water partition coefficient (Wildman–Crippen LogP) is 3.83. The first kappa shape index (κ1) is 21.8. The van der Waals surface area contributed by atoms with Gasteiger partial charge >= 0.3 is 5.97 Å². The van der Waals surface area contributed by atoms with Crippen molar-refractivity contribution in [3.63, 3.8) is 0 Å². The van der Waals surface area contributed by atoms with E-state index in [2.05, 4.69) is 34.0 Å². The quantitative estimate of drug-likeness (QED) is 0.391. The van der Waals surface area contributed by atoms with Crippen LogP contribution in [0.15, 0.2) is 42.9 Å². The molecule has 3 aromatic heterocycles. The summed E-state index contributed by atoms with van der Waals surface area (Å²) >= 11 is 6.04. The fraction of sp³-hybridized carbons (Fsp3) is 0.318. The van der Waals surface area contributed by atoms with Gasteiger partial charge in [0.2, 0.25) is 5.88 Å². The van der Waals surface area contributed by atoms with Crippen LogP contribution in [0, 0.1) is 0 Å². The third kappa shape index (κ3) is 4.16. The molecule has 0 saturated carbocycles. The summed E-state index contributed by atoms with van der Waals surface area (Å²) in [4.78, 5) is 21.0. The monoisotopic (exact) mass is 454 g/mol. The molecular weight excluding hydrogens is 432 g/mol. The highest BCUT2D eigenvalue weighted by molar-refractivity contribution is 6.30. The zero-order valence-electron chi connectivity index (χ0n) is 18.2. The average Bonchev–Trinajstić information content (AvgIpc) is 3.41. The Morgan fingerprint density at radius 3 is 2.56 bits per heavy atom. The van der Waals surface area contributed by atoms with Crippen LogP contribution in [0.1, 0.15) is 36.7 Å². The lowest BCUT2D eigenvalue weighted by Crippen LogP contribution is -2.25. The number of carbonyl (C=O) groups excluding carboxylic acids is 1. The second-order valence-corrected chi connectivity index (χ2v) is 8.29. The van der Waals surface area contributed by atoms with Crippen molar-refractivity contribution in [2.75, 3.05) is 13.7 Å². The van der Waals surface area contributed by atoms with Gasteiger partial charge in [-0.2, -0.15) is 15.2 Å². The number of benzene rings is 1. The maximum Gasteiger partial charge on any atom is 0.341 e. The molecule has 0 radical (unpaired) electrons. The number of nitrogens with zero attached hydrogens (tertiary/aromatic N) is 6. The Morgan fingerprint density at radius 2 is 1.88 bits per heavy atom. The van der Waals surface area contributed by atoms with Gasteiger partial charge in [-0.1, -0.05) is 37.6 Å². The molecular formula is C22H23ClN6O3. The van der Waals surface area contributed by atoms with Gasteiger partial charge in [0.1, 0.15) is 11.0 Å². The number of rotatable bonds is 7. The van der Waals surface area contributed by atoms with Crippen molar-refractivity contribution < 1.29 is 14.3 Å². The first-order chi connectivity index (χ1) is 15.3. The lowest BCUT2D eigenvalue weighted by Gasteiger charge is -2.25. The molecule has 0 aliphatic carbocycles. The summed E-state index contributed by atoms with van der Waals surface area (Å²) in [6, 6.07) is 7.78. The fourth-order valence-electron chi connectivity index (χ4n) is 3.44. The second-order valence-electron chi connectivity index (χ2n) is 7.85. The smallest absolute Gasteiger partial charge is 0.341 e. The summed E-state index contributed by atoms with van der Waals surface area (Å²) in [6.07, 6.45) is 4.60. The second kappa shape index (κ2) is 8.58. The molecule has 32 heavy (non-hydrogen) atoms. The van der Waals surface area contributed by atoms with Crippen LogP contribution in [0.2, 0.25) is 5.02 Å². The normalized spacial score (nSPS) is 11.7. The topological polar surface area (TPSA) is 97.0 Å². The Bertz CT molecular complexity index is 1260. The third-order valence-corrected chi connectivity index (χ3v) is 5.36. The Morgan fingerprint density at radius 1 is 1.12 bits per heavy atom. The van der Waals surface area contributed by atoms with Crippen molar-refractivity contribution in [2.24, 2.45) is 0 Å². The number of hydrogen-bond donors (Lipinski definition) is 0. The van der Waals surface area contributed by atoms with E-state index in [0.717, 1.165) is 5.56 Å². The van der Waals surface area contributed by atoms with Crippen molar-refractivity contribution in [2.45, 2.75) is 32.7 Å². The number of halogens is 1. The number of carbonyl (C=O) groups is 1. The van der Waals surface area contributed by atoms with Crippen LogP contribution >= 0.6 is 11.6 Å². The molecule has 4 rings (SSSR count). The van der Waals surface area contributed by atoms with Crippen LogP contribution in [0.25, 0.3) is 17.0 Å². The molecule has 4 aromatic rings. The first-order valence-electron chi connectivity index (χ1n) is 10.1. The molecule has 0 unspecified atom stereocenters. The molecule has 3 heterocycles. The predicted molar refractivity (Wildman–Crippen MR) is 119 cm³/mol. The molecule has 9 nitrogen and oxygen atoms in total. The zero-order valence-corrected chi connectivity index (χ0v) is 19.0. The van der Waals surface area contributed by atoms with Crippen LogP contribution in [0.3, 0.4) is 0 Å². The minimum atomic E-state index is -0.455. The summed E-state index contributed by atoms with van der Waals surface area (Å²) in [5.41, 5.74) is 2.49. The maximum absolute atomic E-state index is 11.9. The van der Waals surface area contributed by atoms with Gasteiger partial charge in [0.15, 0.2) is 0 Å². The number of methoxy groups -OCH3 is 1. The molecule has 0 aliphatic heterocycles. The summed E-state index contributed by atoms with van der Waals surface area (Å²) in [5.74, 6) is 0.174. The van der Waals surface area contributed by atoms with E-state index in [4.69, 9.17) is 21.1 Å². The summed E-state index contributed by atoms with van der Waals surface area (Å²) in [7, 11) is 1.54. The molecule has 0 amide bonds. The van der Waals surface area contributed by atoms with Crippen LogP contribution in [0.4, 0.5) is 0 Å². The number of hydrogen-bond acceptors (Lipinski definition) is 7. The molecule has 166 valence electrons. The molecule has 10 heteroatoms. The molecule has 0 aliphatic rings.